The Kier molecular flexibility index (Phi) is 7.95. The van der Waals surface area contributed by atoms with Crippen molar-refractivity contribution in [1.29, 1.82) is 0 Å². The Balaban J connectivity index is 1.47. The quantitative estimate of drug-likeness (QED) is 0.155. The molecule has 2 aromatic carbocycles. The number of esters is 1. The first-order valence-corrected chi connectivity index (χ1v) is 15.8. The third-order valence-corrected chi connectivity index (χ3v) is 8.74. The fourth-order valence-electron chi connectivity index (χ4n) is 4.65. The zero-order valence-electron chi connectivity index (χ0n) is 22.6. The molecule has 2 N–H and O–H groups in total. The second-order valence-electron chi connectivity index (χ2n) is 10.4. The lowest BCUT2D eigenvalue weighted by molar-refractivity contribution is 0.0520. The molecular formula is C31H29FN4O3S2. The van der Waals surface area contributed by atoms with Gasteiger partial charge in [0, 0.05) is 28.8 Å². The summed E-state index contributed by atoms with van der Waals surface area (Å²) in [5.74, 6) is 6.25. The second-order valence-corrected chi connectivity index (χ2v) is 12.3. The molecule has 0 aliphatic heterocycles. The minimum absolute atomic E-state index is 0.243. The molecule has 210 valence electrons. The van der Waals surface area contributed by atoms with Gasteiger partial charge >= 0.3 is 5.97 Å². The van der Waals surface area contributed by atoms with E-state index in [-0.39, 0.29) is 18.1 Å². The van der Waals surface area contributed by atoms with Gasteiger partial charge in [-0.1, -0.05) is 24.0 Å². The van der Waals surface area contributed by atoms with E-state index in [1.54, 1.807) is 36.6 Å². The van der Waals surface area contributed by atoms with Crippen molar-refractivity contribution in [3.63, 3.8) is 0 Å². The van der Waals surface area contributed by atoms with E-state index in [1.807, 2.05) is 16.8 Å². The second kappa shape index (κ2) is 11.8. The normalized spacial score (nSPS) is 15.3. The molecule has 6 rings (SSSR count). The molecule has 2 aliphatic rings. The Hall–Kier alpha value is -3.49. The lowest BCUT2D eigenvalue weighted by Gasteiger charge is -2.10. The van der Waals surface area contributed by atoms with E-state index in [0.717, 1.165) is 60.2 Å². The van der Waals surface area contributed by atoms with Crippen molar-refractivity contribution in [1.82, 2.24) is 14.8 Å². The smallest absolute Gasteiger partial charge is 0.357 e. The van der Waals surface area contributed by atoms with Gasteiger partial charge in [-0.15, -0.1) is 16.5 Å². The van der Waals surface area contributed by atoms with Crippen LogP contribution in [0.4, 0.5) is 4.39 Å². The number of hydrogen-bond donors (Lipinski definition) is 1. The lowest BCUT2D eigenvalue weighted by Crippen LogP contribution is -2.12. The largest absolute Gasteiger partial charge is 0.593 e. The summed E-state index contributed by atoms with van der Waals surface area (Å²) in [6.45, 7) is 2.02. The van der Waals surface area contributed by atoms with Gasteiger partial charge in [-0.2, -0.15) is 5.10 Å². The fourth-order valence-corrected chi connectivity index (χ4v) is 5.82. The molecule has 41 heavy (non-hydrogen) atoms. The lowest BCUT2D eigenvalue weighted by atomic mass is 9.96. The van der Waals surface area contributed by atoms with Crippen molar-refractivity contribution in [2.24, 2.45) is 17.0 Å². The monoisotopic (exact) mass is 588 g/mol. The number of hydrogen-bond acceptors (Lipinski definition) is 7. The van der Waals surface area contributed by atoms with Crippen LogP contribution in [0, 0.1) is 29.5 Å². The topological polar surface area (TPSA) is 106 Å². The SMILES string of the molecule is CCOC(=O)c1csc(-n2nc(-c3ccc(F)c(C#CC4CC4)c3)c(Cc3ccc([S+](N)[O-])cc3)c2CC2CC2)n1. The third-order valence-electron chi connectivity index (χ3n) is 7.19. The zero-order valence-corrected chi connectivity index (χ0v) is 24.2. The molecule has 0 bridgehead atoms. The molecular weight excluding hydrogens is 559 g/mol. The summed E-state index contributed by atoms with van der Waals surface area (Å²) >= 11 is -0.232. The number of carbonyl (C=O) groups excluding carboxylic acids is 1. The number of thiazole rings is 1. The first kappa shape index (κ1) is 27.7. The van der Waals surface area contributed by atoms with Crippen molar-refractivity contribution >= 4 is 28.7 Å². The van der Waals surface area contributed by atoms with Gasteiger partial charge < -0.3 is 9.29 Å². The maximum absolute atomic E-state index is 14.8. The molecule has 2 saturated carbocycles. The van der Waals surface area contributed by atoms with Crippen LogP contribution in [0.1, 0.15) is 65.5 Å². The van der Waals surface area contributed by atoms with Gasteiger partial charge in [0.2, 0.25) is 5.13 Å². The summed E-state index contributed by atoms with van der Waals surface area (Å²) in [4.78, 5) is 17.5. The molecule has 0 spiro atoms. The van der Waals surface area contributed by atoms with Gasteiger partial charge in [0.15, 0.2) is 10.6 Å². The predicted octanol–water partition coefficient (Wildman–Crippen LogP) is 5.60. The number of carbonyl (C=O) groups is 1. The highest BCUT2D eigenvalue weighted by Crippen LogP contribution is 2.38. The highest BCUT2D eigenvalue weighted by molar-refractivity contribution is 7.89. The van der Waals surface area contributed by atoms with Crippen LogP contribution in [0.15, 0.2) is 52.7 Å². The van der Waals surface area contributed by atoms with Crippen LogP contribution in [0.25, 0.3) is 16.4 Å². The summed E-state index contributed by atoms with van der Waals surface area (Å²) < 4.78 is 33.5. The van der Waals surface area contributed by atoms with Crippen LogP contribution < -0.4 is 5.14 Å². The molecule has 2 aliphatic carbocycles. The fraction of sp³-hybridized carbons (Fsp3) is 0.323. The highest BCUT2D eigenvalue weighted by Gasteiger charge is 2.29. The number of aromatic nitrogens is 3. The summed E-state index contributed by atoms with van der Waals surface area (Å²) in [6.07, 6.45) is 5.75. The number of ether oxygens (including phenoxy) is 1. The van der Waals surface area contributed by atoms with E-state index >= 15 is 0 Å². The summed E-state index contributed by atoms with van der Waals surface area (Å²) in [5.41, 5.74) is 5.08. The summed E-state index contributed by atoms with van der Waals surface area (Å²) in [7, 11) is 0. The number of nitrogens with two attached hydrogens (primary N) is 1. The van der Waals surface area contributed by atoms with Gasteiger partial charge in [0.05, 0.1) is 34.9 Å². The van der Waals surface area contributed by atoms with Gasteiger partial charge in [0.25, 0.3) is 0 Å². The average Bonchev–Trinajstić information content (AvgIpc) is 3.89. The van der Waals surface area contributed by atoms with Crippen molar-refractivity contribution in [3.05, 3.63) is 81.7 Å². The molecule has 1 unspecified atom stereocenters. The Morgan fingerprint density at radius 3 is 2.68 bits per heavy atom. The Bertz CT molecular complexity index is 1640. The Labute approximate surface area is 245 Å². The van der Waals surface area contributed by atoms with E-state index in [2.05, 4.69) is 16.8 Å². The zero-order chi connectivity index (χ0) is 28.5. The van der Waals surface area contributed by atoms with E-state index in [0.29, 0.717) is 33.8 Å². The van der Waals surface area contributed by atoms with Crippen molar-refractivity contribution in [2.45, 2.75) is 50.3 Å². The first-order chi connectivity index (χ1) is 19.9. The van der Waals surface area contributed by atoms with E-state index in [1.165, 1.54) is 17.4 Å². The molecule has 2 aromatic heterocycles. The van der Waals surface area contributed by atoms with Crippen LogP contribution >= 0.6 is 11.3 Å². The van der Waals surface area contributed by atoms with Gasteiger partial charge in [-0.05, 0) is 80.8 Å². The highest BCUT2D eigenvalue weighted by atomic mass is 32.2. The molecule has 2 fully saturated rings. The first-order valence-electron chi connectivity index (χ1n) is 13.7. The molecule has 0 amide bonds. The Morgan fingerprint density at radius 1 is 1.22 bits per heavy atom. The number of benzene rings is 2. The number of nitrogens with zero attached hydrogens (tertiary/aromatic N) is 3. The van der Waals surface area contributed by atoms with E-state index in [9.17, 15) is 13.7 Å². The maximum Gasteiger partial charge on any atom is 0.357 e. The molecule has 7 nitrogen and oxygen atoms in total. The minimum Gasteiger partial charge on any atom is -0.593 e. The van der Waals surface area contributed by atoms with Crippen molar-refractivity contribution in [3.8, 4) is 28.2 Å². The number of rotatable bonds is 9. The number of halogens is 1. The molecule has 1 atom stereocenters. The van der Waals surface area contributed by atoms with Crippen LogP contribution in [0.2, 0.25) is 0 Å². The van der Waals surface area contributed by atoms with Crippen LogP contribution in [-0.4, -0.2) is 31.9 Å². The molecule has 0 saturated heterocycles. The predicted molar refractivity (Wildman–Crippen MR) is 156 cm³/mol. The Morgan fingerprint density at radius 2 is 2.00 bits per heavy atom. The van der Waals surface area contributed by atoms with Crippen LogP contribution in [0.5, 0.6) is 0 Å². The maximum atomic E-state index is 14.8. The average molecular weight is 589 g/mol. The summed E-state index contributed by atoms with van der Waals surface area (Å²) in [6, 6.07) is 12.3. The summed E-state index contributed by atoms with van der Waals surface area (Å²) in [5, 5.41) is 12.9. The standard InChI is InChI=1S/C31H29FN4O3S2/c1-2-39-30(37)27-18-40-31(34-27)36-28(16-21-5-6-21)25(15-20-8-12-24(13-9-20)41(33)38)29(35-36)23-11-14-26(32)22(17-23)10-7-19-3-4-19/h8-9,11-14,17-19,21H,2-6,15-16,33H2,1H3. The molecule has 4 aromatic rings. The van der Waals surface area contributed by atoms with E-state index < -0.39 is 17.3 Å². The molecule has 0 radical (unpaired) electrons. The van der Waals surface area contributed by atoms with Gasteiger partial charge in [-0.25, -0.2) is 18.9 Å². The van der Waals surface area contributed by atoms with Crippen molar-refractivity contribution < 1.29 is 18.5 Å². The van der Waals surface area contributed by atoms with Crippen LogP contribution in [-0.2, 0) is 28.9 Å². The molecule has 2 heterocycles. The van der Waals surface area contributed by atoms with Gasteiger partial charge in [0.1, 0.15) is 5.82 Å². The minimum atomic E-state index is -1.56. The van der Waals surface area contributed by atoms with Gasteiger partial charge in [-0.3, -0.25) is 0 Å². The third kappa shape index (κ3) is 6.39. The van der Waals surface area contributed by atoms with Crippen LogP contribution in [0.3, 0.4) is 0 Å². The molecule has 10 heteroatoms. The van der Waals surface area contributed by atoms with Crippen molar-refractivity contribution in [2.75, 3.05) is 6.61 Å². The van der Waals surface area contributed by atoms with E-state index in [4.69, 9.17) is 15.0 Å².